The Hall–Kier alpha value is -1.99. The maximum atomic E-state index is 13.2. The second-order valence-electron chi connectivity index (χ2n) is 5.84. The highest BCUT2D eigenvalue weighted by molar-refractivity contribution is 7.89. The van der Waals surface area contributed by atoms with Crippen LogP contribution in [0.5, 0.6) is 11.5 Å². The van der Waals surface area contributed by atoms with Gasteiger partial charge >= 0.3 is 0 Å². The Morgan fingerprint density at radius 1 is 1.12 bits per heavy atom. The van der Waals surface area contributed by atoms with Crippen LogP contribution >= 0.6 is 0 Å². The van der Waals surface area contributed by atoms with E-state index in [4.69, 9.17) is 13.9 Å². The molecule has 7 heteroatoms. The number of hydrogen-bond donors (Lipinski definition) is 0. The molecule has 1 aromatic heterocycles. The minimum atomic E-state index is -3.65. The van der Waals surface area contributed by atoms with Crippen LogP contribution in [0.4, 0.5) is 0 Å². The number of hydrogen-bond acceptors (Lipinski definition) is 5. The van der Waals surface area contributed by atoms with Gasteiger partial charge in [0.25, 0.3) is 0 Å². The molecule has 1 aromatic carbocycles. The molecule has 0 aliphatic heterocycles. The van der Waals surface area contributed by atoms with Crippen LogP contribution in [0.3, 0.4) is 0 Å². The Kier molecular flexibility index (Phi) is 5.34. The summed E-state index contributed by atoms with van der Waals surface area (Å²) >= 11 is 0. The largest absolute Gasteiger partial charge is 0.490 e. The van der Waals surface area contributed by atoms with E-state index >= 15 is 0 Å². The molecule has 0 radical (unpaired) electrons. The Labute approximate surface area is 148 Å². The molecule has 136 valence electrons. The number of rotatable bonds is 9. The van der Waals surface area contributed by atoms with E-state index in [2.05, 4.69) is 0 Å². The van der Waals surface area contributed by atoms with E-state index in [9.17, 15) is 8.42 Å². The predicted octanol–water partition coefficient (Wildman–Crippen LogP) is 3.43. The summed E-state index contributed by atoms with van der Waals surface area (Å²) in [5.74, 6) is 1.62. The van der Waals surface area contributed by atoms with Crippen molar-refractivity contribution in [3.05, 3.63) is 42.4 Å². The number of furan rings is 1. The van der Waals surface area contributed by atoms with Crippen molar-refractivity contribution in [3.8, 4) is 11.5 Å². The number of ether oxygens (including phenoxy) is 2. The minimum Gasteiger partial charge on any atom is -0.490 e. The van der Waals surface area contributed by atoms with Crippen molar-refractivity contribution in [1.82, 2.24) is 4.31 Å². The van der Waals surface area contributed by atoms with Gasteiger partial charge in [-0.05, 0) is 51.0 Å². The van der Waals surface area contributed by atoms with E-state index in [-0.39, 0.29) is 17.5 Å². The van der Waals surface area contributed by atoms with Crippen LogP contribution in [0.2, 0.25) is 0 Å². The number of sulfonamides is 1. The fourth-order valence-electron chi connectivity index (χ4n) is 2.66. The van der Waals surface area contributed by atoms with Crippen LogP contribution < -0.4 is 9.47 Å². The molecule has 1 heterocycles. The van der Waals surface area contributed by atoms with E-state index in [1.54, 1.807) is 36.6 Å². The third-order valence-electron chi connectivity index (χ3n) is 3.97. The van der Waals surface area contributed by atoms with E-state index in [1.807, 2.05) is 13.8 Å². The standard InChI is InChI=1S/C18H23NO5S/c1-3-22-17-10-9-16(12-18(17)23-4-2)25(20,21)19(14-7-8-14)13-15-6-5-11-24-15/h5-6,9-12,14H,3-4,7-8,13H2,1-2H3. The number of benzene rings is 1. The molecular weight excluding hydrogens is 342 g/mol. The highest BCUT2D eigenvalue weighted by atomic mass is 32.2. The second-order valence-corrected chi connectivity index (χ2v) is 7.73. The summed E-state index contributed by atoms with van der Waals surface area (Å²) in [6, 6.07) is 8.34. The molecule has 3 rings (SSSR count). The Morgan fingerprint density at radius 3 is 2.44 bits per heavy atom. The molecule has 0 atom stereocenters. The summed E-state index contributed by atoms with van der Waals surface area (Å²) in [6.45, 7) is 4.88. The van der Waals surface area contributed by atoms with Crippen LogP contribution in [0.15, 0.2) is 45.9 Å². The molecule has 0 saturated heterocycles. The molecule has 1 saturated carbocycles. The molecule has 1 fully saturated rings. The first-order valence-electron chi connectivity index (χ1n) is 8.50. The van der Waals surface area contributed by atoms with Gasteiger partial charge in [0.05, 0.1) is 30.9 Å². The van der Waals surface area contributed by atoms with E-state index < -0.39 is 10.0 Å². The first kappa shape index (κ1) is 17.8. The lowest BCUT2D eigenvalue weighted by atomic mass is 10.3. The average molecular weight is 365 g/mol. The van der Waals surface area contributed by atoms with Crippen molar-refractivity contribution >= 4 is 10.0 Å². The van der Waals surface area contributed by atoms with Crippen molar-refractivity contribution in [2.24, 2.45) is 0 Å². The van der Waals surface area contributed by atoms with E-state index in [0.29, 0.717) is 30.5 Å². The zero-order valence-corrected chi connectivity index (χ0v) is 15.3. The summed E-state index contributed by atoms with van der Waals surface area (Å²) in [5.41, 5.74) is 0. The molecule has 0 bridgehead atoms. The normalized spacial score (nSPS) is 14.7. The van der Waals surface area contributed by atoms with Crippen LogP contribution in [0.1, 0.15) is 32.4 Å². The van der Waals surface area contributed by atoms with Gasteiger partial charge in [-0.25, -0.2) is 8.42 Å². The molecule has 6 nitrogen and oxygen atoms in total. The molecular formula is C18H23NO5S. The number of nitrogens with zero attached hydrogens (tertiary/aromatic N) is 1. The molecule has 1 aliphatic carbocycles. The summed E-state index contributed by atoms with van der Waals surface area (Å²) in [4.78, 5) is 0.206. The van der Waals surface area contributed by atoms with Crippen molar-refractivity contribution in [1.29, 1.82) is 0 Å². The van der Waals surface area contributed by atoms with Gasteiger partial charge in [0.15, 0.2) is 11.5 Å². The van der Waals surface area contributed by atoms with Crippen LogP contribution in [0.25, 0.3) is 0 Å². The van der Waals surface area contributed by atoms with E-state index in [0.717, 1.165) is 12.8 Å². The van der Waals surface area contributed by atoms with Crippen LogP contribution in [0, 0.1) is 0 Å². The fourth-order valence-corrected chi connectivity index (χ4v) is 4.32. The maximum absolute atomic E-state index is 13.2. The van der Waals surface area contributed by atoms with Gasteiger partial charge < -0.3 is 13.9 Å². The summed E-state index contributed by atoms with van der Waals surface area (Å²) < 4.78 is 44.2. The monoisotopic (exact) mass is 365 g/mol. The fraction of sp³-hybridized carbons (Fsp3) is 0.444. The first-order chi connectivity index (χ1) is 12.1. The molecule has 1 aliphatic rings. The van der Waals surface area contributed by atoms with Gasteiger partial charge in [0, 0.05) is 12.1 Å². The average Bonchev–Trinajstić information content (AvgIpc) is 3.29. The first-order valence-corrected chi connectivity index (χ1v) is 9.94. The van der Waals surface area contributed by atoms with Gasteiger partial charge in [-0.3, -0.25) is 0 Å². The highest BCUT2D eigenvalue weighted by Crippen LogP contribution is 2.36. The maximum Gasteiger partial charge on any atom is 0.243 e. The SMILES string of the molecule is CCOc1ccc(S(=O)(=O)N(Cc2ccco2)C2CC2)cc1OCC. The van der Waals surface area contributed by atoms with Gasteiger partial charge in [-0.2, -0.15) is 4.31 Å². The van der Waals surface area contributed by atoms with Crippen LogP contribution in [-0.4, -0.2) is 32.0 Å². The Bertz CT molecular complexity index is 797. The second kappa shape index (κ2) is 7.49. The quantitative estimate of drug-likeness (QED) is 0.681. The summed E-state index contributed by atoms with van der Waals surface area (Å²) in [7, 11) is -3.65. The highest BCUT2D eigenvalue weighted by Gasteiger charge is 2.38. The van der Waals surface area contributed by atoms with Crippen molar-refractivity contribution < 1.29 is 22.3 Å². The zero-order valence-electron chi connectivity index (χ0n) is 14.5. The third kappa shape index (κ3) is 3.99. The summed E-state index contributed by atoms with van der Waals surface area (Å²) in [5, 5.41) is 0. The molecule has 2 aromatic rings. The van der Waals surface area contributed by atoms with Gasteiger partial charge in [0.1, 0.15) is 5.76 Å². The third-order valence-corrected chi connectivity index (χ3v) is 5.86. The topological polar surface area (TPSA) is 69.0 Å². The van der Waals surface area contributed by atoms with Crippen LogP contribution in [-0.2, 0) is 16.6 Å². The van der Waals surface area contributed by atoms with Crippen molar-refractivity contribution in [3.63, 3.8) is 0 Å². The predicted molar refractivity (Wildman–Crippen MR) is 93.2 cm³/mol. The molecule has 0 spiro atoms. The molecule has 25 heavy (non-hydrogen) atoms. The Balaban J connectivity index is 1.92. The van der Waals surface area contributed by atoms with Crippen molar-refractivity contribution in [2.75, 3.05) is 13.2 Å². The minimum absolute atomic E-state index is 0.0252. The van der Waals surface area contributed by atoms with E-state index in [1.165, 1.54) is 4.31 Å². The lowest BCUT2D eigenvalue weighted by Crippen LogP contribution is -2.32. The zero-order chi connectivity index (χ0) is 17.9. The molecule has 0 N–H and O–H groups in total. The summed E-state index contributed by atoms with van der Waals surface area (Å²) in [6.07, 6.45) is 3.29. The van der Waals surface area contributed by atoms with Gasteiger partial charge in [0.2, 0.25) is 10.0 Å². The Morgan fingerprint density at radius 2 is 1.84 bits per heavy atom. The lowest BCUT2D eigenvalue weighted by molar-refractivity contribution is 0.286. The van der Waals surface area contributed by atoms with Gasteiger partial charge in [-0.15, -0.1) is 0 Å². The van der Waals surface area contributed by atoms with Gasteiger partial charge in [-0.1, -0.05) is 0 Å². The smallest absolute Gasteiger partial charge is 0.243 e. The molecule has 0 amide bonds. The van der Waals surface area contributed by atoms with Crippen molar-refractivity contribution in [2.45, 2.75) is 44.2 Å². The molecule has 0 unspecified atom stereocenters. The lowest BCUT2D eigenvalue weighted by Gasteiger charge is -2.21.